The Hall–Kier alpha value is -0.690. The van der Waals surface area contributed by atoms with Crippen LogP contribution in [0, 0.1) is 6.92 Å². The molecule has 0 aliphatic heterocycles. The number of hydrogen-bond acceptors (Lipinski definition) is 1. The summed E-state index contributed by atoms with van der Waals surface area (Å²) in [6, 6.07) is 6.12. The lowest BCUT2D eigenvalue weighted by Crippen LogP contribution is -1.80. The predicted octanol–water partition coefficient (Wildman–Crippen LogP) is 3.32. The number of hydrogen-bond donors (Lipinski definition) is 1. The Kier molecular flexibility index (Phi) is 2.77. The molecule has 0 amide bonds. The van der Waals surface area contributed by atoms with Gasteiger partial charge in [-0.2, -0.15) is 0 Å². The van der Waals surface area contributed by atoms with Crippen molar-refractivity contribution < 1.29 is 0 Å². The highest BCUT2D eigenvalue weighted by Gasteiger charge is 1.95. The van der Waals surface area contributed by atoms with Crippen molar-refractivity contribution in [1.29, 1.82) is 0 Å². The summed E-state index contributed by atoms with van der Waals surface area (Å²) < 4.78 is 0. The first-order chi connectivity index (χ1) is 5.25. The Labute approximate surface area is 73.4 Å². The number of thiol groups is 1. The van der Waals surface area contributed by atoms with E-state index in [1.54, 1.807) is 0 Å². The molecule has 1 heteroatoms. The maximum absolute atomic E-state index is 4.33. The van der Waals surface area contributed by atoms with Gasteiger partial charge in [-0.25, -0.2) is 0 Å². The average molecular weight is 164 g/mol. The second kappa shape index (κ2) is 3.63. The summed E-state index contributed by atoms with van der Waals surface area (Å²) in [4.78, 5) is 1.06. The molecule has 0 aromatic heterocycles. The van der Waals surface area contributed by atoms with Crippen molar-refractivity contribution in [3.63, 3.8) is 0 Å². The molecule has 0 aliphatic rings. The van der Waals surface area contributed by atoms with Crippen molar-refractivity contribution in [2.75, 3.05) is 0 Å². The molecule has 0 radical (unpaired) electrons. The van der Waals surface area contributed by atoms with Crippen LogP contribution < -0.4 is 0 Å². The molecule has 0 bridgehead atoms. The standard InChI is InChI=1S/C10H12S/c1-3-5-9-6-4-7-10(11)8(9)2/h3-7,11H,1-2H3. The quantitative estimate of drug-likeness (QED) is 0.605. The molecule has 0 heterocycles. The normalized spacial score (nSPS) is 10.8. The van der Waals surface area contributed by atoms with Crippen LogP contribution in [0.5, 0.6) is 0 Å². The molecule has 0 fully saturated rings. The van der Waals surface area contributed by atoms with E-state index in [0.29, 0.717) is 0 Å². The maximum atomic E-state index is 4.33. The topological polar surface area (TPSA) is 0 Å². The monoisotopic (exact) mass is 164 g/mol. The van der Waals surface area contributed by atoms with Crippen molar-refractivity contribution in [3.05, 3.63) is 35.4 Å². The van der Waals surface area contributed by atoms with E-state index in [2.05, 4.69) is 31.7 Å². The molecule has 0 atom stereocenters. The van der Waals surface area contributed by atoms with Gasteiger partial charge in [-0.05, 0) is 31.0 Å². The smallest absolute Gasteiger partial charge is 0.00751 e. The Morgan fingerprint density at radius 2 is 2.09 bits per heavy atom. The zero-order valence-electron chi connectivity index (χ0n) is 6.83. The molecule has 1 aromatic carbocycles. The number of benzene rings is 1. The average Bonchev–Trinajstić information content (AvgIpc) is 1.99. The summed E-state index contributed by atoms with van der Waals surface area (Å²) >= 11 is 4.33. The van der Waals surface area contributed by atoms with E-state index in [9.17, 15) is 0 Å². The van der Waals surface area contributed by atoms with Gasteiger partial charge in [-0.15, -0.1) is 12.6 Å². The van der Waals surface area contributed by atoms with Gasteiger partial charge in [0.05, 0.1) is 0 Å². The Morgan fingerprint density at radius 1 is 1.36 bits per heavy atom. The van der Waals surface area contributed by atoms with Crippen LogP contribution in [0.2, 0.25) is 0 Å². The molecule has 0 aliphatic carbocycles. The molecule has 1 aromatic rings. The summed E-state index contributed by atoms with van der Waals surface area (Å²) in [6.07, 6.45) is 4.13. The van der Waals surface area contributed by atoms with Crippen LogP contribution >= 0.6 is 12.6 Å². The van der Waals surface area contributed by atoms with Gasteiger partial charge >= 0.3 is 0 Å². The third-order valence-electron chi connectivity index (χ3n) is 1.69. The first-order valence-corrected chi connectivity index (χ1v) is 4.11. The lowest BCUT2D eigenvalue weighted by Gasteiger charge is -2.01. The van der Waals surface area contributed by atoms with E-state index in [0.717, 1.165) is 4.90 Å². The Bertz CT molecular complexity index is 274. The summed E-state index contributed by atoms with van der Waals surface area (Å²) in [5, 5.41) is 0. The fourth-order valence-corrected chi connectivity index (χ4v) is 1.22. The minimum absolute atomic E-state index is 1.06. The highest BCUT2D eigenvalue weighted by atomic mass is 32.1. The minimum atomic E-state index is 1.06. The summed E-state index contributed by atoms with van der Waals surface area (Å²) in [5.41, 5.74) is 2.49. The molecule has 11 heavy (non-hydrogen) atoms. The highest BCUT2D eigenvalue weighted by molar-refractivity contribution is 7.80. The summed E-state index contributed by atoms with van der Waals surface area (Å²) in [5.74, 6) is 0. The zero-order valence-corrected chi connectivity index (χ0v) is 7.73. The van der Waals surface area contributed by atoms with Gasteiger partial charge in [0.15, 0.2) is 0 Å². The lowest BCUT2D eigenvalue weighted by atomic mass is 10.1. The van der Waals surface area contributed by atoms with E-state index in [1.807, 2.05) is 25.1 Å². The molecule has 0 nitrogen and oxygen atoms in total. The second-order valence-corrected chi connectivity index (χ2v) is 2.97. The first kappa shape index (κ1) is 8.41. The van der Waals surface area contributed by atoms with Crippen LogP contribution in [0.15, 0.2) is 29.2 Å². The van der Waals surface area contributed by atoms with Crippen LogP contribution in [0.4, 0.5) is 0 Å². The van der Waals surface area contributed by atoms with Gasteiger partial charge in [-0.1, -0.05) is 24.3 Å². The van der Waals surface area contributed by atoms with Gasteiger partial charge in [0.2, 0.25) is 0 Å². The maximum Gasteiger partial charge on any atom is 0.00751 e. The van der Waals surface area contributed by atoms with Gasteiger partial charge < -0.3 is 0 Å². The van der Waals surface area contributed by atoms with Crippen molar-refractivity contribution in [1.82, 2.24) is 0 Å². The van der Waals surface area contributed by atoms with Gasteiger partial charge in [0.1, 0.15) is 0 Å². The molecule has 0 spiro atoms. The van der Waals surface area contributed by atoms with Crippen LogP contribution in [0.3, 0.4) is 0 Å². The third-order valence-corrected chi connectivity index (χ3v) is 2.18. The van der Waals surface area contributed by atoms with Crippen LogP contribution in [-0.2, 0) is 0 Å². The van der Waals surface area contributed by atoms with Crippen molar-refractivity contribution in [2.45, 2.75) is 18.7 Å². The Morgan fingerprint density at radius 3 is 2.73 bits per heavy atom. The molecule has 0 saturated carbocycles. The molecule has 0 N–H and O–H groups in total. The van der Waals surface area contributed by atoms with E-state index in [1.165, 1.54) is 11.1 Å². The summed E-state index contributed by atoms with van der Waals surface area (Å²) in [6.45, 7) is 4.10. The molecular weight excluding hydrogens is 152 g/mol. The SMILES string of the molecule is CC=Cc1cccc(S)c1C. The molecular formula is C10H12S. The number of rotatable bonds is 1. The van der Waals surface area contributed by atoms with Crippen LogP contribution in [0.25, 0.3) is 6.08 Å². The molecule has 0 saturated heterocycles. The van der Waals surface area contributed by atoms with Crippen LogP contribution in [0.1, 0.15) is 18.1 Å². The van der Waals surface area contributed by atoms with Crippen molar-refractivity contribution >= 4 is 18.7 Å². The predicted molar refractivity (Wildman–Crippen MR) is 53.1 cm³/mol. The number of allylic oxidation sites excluding steroid dienone is 1. The largest absolute Gasteiger partial charge is 0.143 e. The second-order valence-electron chi connectivity index (χ2n) is 2.49. The van der Waals surface area contributed by atoms with Gasteiger partial charge in [-0.3, -0.25) is 0 Å². The summed E-state index contributed by atoms with van der Waals surface area (Å²) in [7, 11) is 0. The fraction of sp³-hybridized carbons (Fsp3) is 0.200. The molecule has 58 valence electrons. The van der Waals surface area contributed by atoms with E-state index in [-0.39, 0.29) is 0 Å². The van der Waals surface area contributed by atoms with Gasteiger partial charge in [0, 0.05) is 4.90 Å². The third kappa shape index (κ3) is 1.87. The highest BCUT2D eigenvalue weighted by Crippen LogP contribution is 2.17. The van der Waals surface area contributed by atoms with E-state index >= 15 is 0 Å². The lowest BCUT2D eigenvalue weighted by molar-refractivity contribution is 1.29. The molecule has 1 rings (SSSR count). The molecule has 0 unspecified atom stereocenters. The van der Waals surface area contributed by atoms with Crippen molar-refractivity contribution in [2.24, 2.45) is 0 Å². The minimum Gasteiger partial charge on any atom is -0.143 e. The van der Waals surface area contributed by atoms with E-state index in [4.69, 9.17) is 0 Å². The Balaban J connectivity index is 3.16. The first-order valence-electron chi connectivity index (χ1n) is 3.67. The van der Waals surface area contributed by atoms with Crippen LogP contribution in [-0.4, -0.2) is 0 Å². The zero-order chi connectivity index (χ0) is 8.27. The fourth-order valence-electron chi connectivity index (χ4n) is 1.00. The van der Waals surface area contributed by atoms with Gasteiger partial charge in [0.25, 0.3) is 0 Å². The van der Waals surface area contributed by atoms with E-state index < -0.39 is 0 Å². The van der Waals surface area contributed by atoms with Crippen molar-refractivity contribution in [3.8, 4) is 0 Å².